The van der Waals surface area contributed by atoms with E-state index in [0.29, 0.717) is 5.25 Å². The highest BCUT2D eigenvalue weighted by Crippen LogP contribution is 2.29. The third kappa shape index (κ3) is 2.96. The first kappa shape index (κ1) is 10.5. The molecule has 0 aromatic heterocycles. The first-order valence-electron chi connectivity index (χ1n) is 5.01. The van der Waals surface area contributed by atoms with Crippen LogP contribution in [0.2, 0.25) is 0 Å². The summed E-state index contributed by atoms with van der Waals surface area (Å²) in [6, 6.07) is 6.68. The number of hydrogen-bond donors (Lipinski definition) is 0. The van der Waals surface area contributed by atoms with Gasteiger partial charge in [0.15, 0.2) is 0 Å². The fourth-order valence-corrected chi connectivity index (χ4v) is 2.48. The molecule has 0 fully saturated rings. The lowest BCUT2D eigenvalue weighted by Gasteiger charge is -2.14. The molecule has 1 aliphatic carbocycles. The lowest BCUT2D eigenvalue weighted by Crippen LogP contribution is -2.00. The predicted molar refractivity (Wildman–Crippen MR) is 63.6 cm³/mol. The second-order valence-corrected chi connectivity index (χ2v) is 4.97. The molecule has 2 heteroatoms. The summed E-state index contributed by atoms with van der Waals surface area (Å²) in [6.07, 6.45) is 7.65. The molecule has 0 nitrogen and oxygen atoms in total. The third-order valence-electron chi connectivity index (χ3n) is 2.35. The van der Waals surface area contributed by atoms with Crippen LogP contribution in [0.4, 0.5) is 4.39 Å². The number of benzene rings is 1. The Morgan fingerprint density at radius 1 is 1.27 bits per heavy atom. The largest absolute Gasteiger partial charge is 0.207 e. The molecule has 1 aromatic carbocycles. The number of rotatable bonds is 2. The van der Waals surface area contributed by atoms with Crippen LogP contribution in [-0.4, -0.2) is 5.25 Å². The average molecular weight is 220 g/mol. The lowest BCUT2D eigenvalue weighted by atomic mass is 10.1. The van der Waals surface area contributed by atoms with Gasteiger partial charge in [-0.1, -0.05) is 23.8 Å². The van der Waals surface area contributed by atoms with Gasteiger partial charge in [0.05, 0.1) is 0 Å². The van der Waals surface area contributed by atoms with Gasteiger partial charge < -0.3 is 0 Å². The highest BCUT2D eigenvalue weighted by atomic mass is 32.2. The average Bonchev–Trinajstić information content (AvgIpc) is 2.25. The third-order valence-corrected chi connectivity index (χ3v) is 3.54. The van der Waals surface area contributed by atoms with Gasteiger partial charge in [-0.3, -0.25) is 0 Å². The molecule has 2 rings (SSSR count). The van der Waals surface area contributed by atoms with Crippen LogP contribution in [0.25, 0.3) is 0 Å². The van der Waals surface area contributed by atoms with Crippen LogP contribution < -0.4 is 0 Å². The van der Waals surface area contributed by atoms with E-state index in [1.54, 1.807) is 11.8 Å². The van der Waals surface area contributed by atoms with Crippen LogP contribution in [0.5, 0.6) is 0 Å². The van der Waals surface area contributed by atoms with Crippen molar-refractivity contribution in [3.63, 3.8) is 0 Å². The van der Waals surface area contributed by atoms with Gasteiger partial charge in [-0.05, 0) is 37.6 Å². The summed E-state index contributed by atoms with van der Waals surface area (Å²) in [5, 5.41) is 0.485. The maximum absolute atomic E-state index is 12.7. The first-order valence-corrected chi connectivity index (χ1v) is 5.89. The van der Waals surface area contributed by atoms with Gasteiger partial charge in [-0.2, -0.15) is 0 Å². The standard InChI is InChI=1S/C13H13FS/c1-10-2-6-12(7-3-10)15-13-8-4-11(14)5-9-13/h2-6,8-9,12H,7H2,1H3. The van der Waals surface area contributed by atoms with E-state index in [2.05, 4.69) is 25.2 Å². The number of halogens is 1. The molecular formula is C13H13FS. The Bertz CT molecular complexity index is 390. The minimum absolute atomic E-state index is 0.172. The molecule has 0 amide bonds. The van der Waals surface area contributed by atoms with Crippen molar-refractivity contribution in [1.29, 1.82) is 0 Å². The summed E-state index contributed by atoms with van der Waals surface area (Å²) < 4.78 is 12.7. The van der Waals surface area contributed by atoms with Crippen molar-refractivity contribution >= 4 is 11.8 Å². The molecule has 0 spiro atoms. The van der Waals surface area contributed by atoms with E-state index >= 15 is 0 Å². The van der Waals surface area contributed by atoms with Gasteiger partial charge in [0.25, 0.3) is 0 Å². The second-order valence-electron chi connectivity index (χ2n) is 3.65. The molecule has 0 heterocycles. The molecular weight excluding hydrogens is 207 g/mol. The van der Waals surface area contributed by atoms with Crippen LogP contribution in [0.3, 0.4) is 0 Å². The second kappa shape index (κ2) is 4.67. The zero-order chi connectivity index (χ0) is 10.7. The van der Waals surface area contributed by atoms with Crippen molar-refractivity contribution in [3.8, 4) is 0 Å². The fourth-order valence-electron chi connectivity index (χ4n) is 1.48. The van der Waals surface area contributed by atoms with E-state index in [-0.39, 0.29) is 5.82 Å². The van der Waals surface area contributed by atoms with Gasteiger partial charge in [0.2, 0.25) is 0 Å². The van der Waals surface area contributed by atoms with Crippen molar-refractivity contribution in [1.82, 2.24) is 0 Å². The number of thioether (sulfide) groups is 1. The summed E-state index contributed by atoms with van der Waals surface area (Å²) in [4.78, 5) is 1.12. The molecule has 0 N–H and O–H groups in total. The van der Waals surface area contributed by atoms with Crippen molar-refractivity contribution in [2.24, 2.45) is 0 Å². The topological polar surface area (TPSA) is 0 Å². The van der Waals surface area contributed by atoms with Crippen LogP contribution >= 0.6 is 11.8 Å². The van der Waals surface area contributed by atoms with Gasteiger partial charge >= 0.3 is 0 Å². The predicted octanol–water partition coefficient (Wildman–Crippen LogP) is 4.19. The highest BCUT2D eigenvalue weighted by molar-refractivity contribution is 8.00. The number of hydrogen-bond acceptors (Lipinski definition) is 1. The minimum Gasteiger partial charge on any atom is -0.207 e. The smallest absolute Gasteiger partial charge is 0.123 e. The summed E-state index contributed by atoms with van der Waals surface area (Å²) in [5.41, 5.74) is 1.32. The van der Waals surface area contributed by atoms with Gasteiger partial charge in [-0.15, -0.1) is 11.8 Å². The van der Waals surface area contributed by atoms with E-state index < -0.39 is 0 Å². The van der Waals surface area contributed by atoms with Gasteiger partial charge in [0, 0.05) is 10.1 Å². The summed E-state index contributed by atoms with van der Waals surface area (Å²) in [6.45, 7) is 2.11. The van der Waals surface area contributed by atoms with Crippen LogP contribution in [0.1, 0.15) is 13.3 Å². The Hall–Kier alpha value is -1.02. The Morgan fingerprint density at radius 2 is 2.00 bits per heavy atom. The normalized spacial score (nSPS) is 20.1. The molecule has 1 aliphatic rings. The van der Waals surface area contributed by atoms with Crippen LogP contribution in [-0.2, 0) is 0 Å². The molecule has 0 saturated carbocycles. The molecule has 1 atom stereocenters. The maximum Gasteiger partial charge on any atom is 0.123 e. The van der Waals surface area contributed by atoms with E-state index in [1.165, 1.54) is 17.7 Å². The van der Waals surface area contributed by atoms with Crippen molar-refractivity contribution in [2.75, 3.05) is 0 Å². The molecule has 0 saturated heterocycles. The SMILES string of the molecule is CC1=CCC(Sc2ccc(F)cc2)C=C1. The van der Waals surface area contributed by atoms with E-state index in [0.717, 1.165) is 11.3 Å². The first-order chi connectivity index (χ1) is 7.24. The van der Waals surface area contributed by atoms with E-state index in [1.807, 2.05) is 12.1 Å². The van der Waals surface area contributed by atoms with E-state index in [9.17, 15) is 4.39 Å². The quantitative estimate of drug-likeness (QED) is 0.720. The Balaban J connectivity index is 1.99. The molecule has 78 valence electrons. The van der Waals surface area contributed by atoms with Crippen LogP contribution in [0.15, 0.2) is 53.0 Å². The monoisotopic (exact) mass is 220 g/mol. The summed E-state index contributed by atoms with van der Waals surface area (Å²) in [7, 11) is 0. The molecule has 0 bridgehead atoms. The molecule has 1 unspecified atom stereocenters. The molecule has 0 aliphatic heterocycles. The maximum atomic E-state index is 12.7. The highest BCUT2D eigenvalue weighted by Gasteiger charge is 2.08. The number of allylic oxidation sites excluding steroid dienone is 3. The Labute approximate surface area is 93.9 Å². The Kier molecular flexibility index (Phi) is 3.27. The fraction of sp³-hybridized carbons (Fsp3) is 0.231. The molecule has 15 heavy (non-hydrogen) atoms. The van der Waals surface area contributed by atoms with Gasteiger partial charge in [0.1, 0.15) is 5.82 Å². The summed E-state index contributed by atoms with van der Waals surface area (Å²) >= 11 is 1.78. The Morgan fingerprint density at radius 3 is 2.60 bits per heavy atom. The zero-order valence-corrected chi connectivity index (χ0v) is 9.43. The van der Waals surface area contributed by atoms with Crippen molar-refractivity contribution < 1.29 is 4.39 Å². The molecule has 0 radical (unpaired) electrons. The lowest BCUT2D eigenvalue weighted by molar-refractivity contribution is 0.626. The van der Waals surface area contributed by atoms with Crippen molar-refractivity contribution in [3.05, 3.63) is 53.9 Å². The van der Waals surface area contributed by atoms with E-state index in [4.69, 9.17) is 0 Å². The minimum atomic E-state index is -0.172. The zero-order valence-electron chi connectivity index (χ0n) is 8.61. The van der Waals surface area contributed by atoms with Gasteiger partial charge in [-0.25, -0.2) is 4.39 Å². The van der Waals surface area contributed by atoms with Crippen LogP contribution in [0, 0.1) is 5.82 Å². The van der Waals surface area contributed by atoms with Crippen molar-refractivity contribution in [2.45, 2.75) is 23.5 Å². The summed E-state index contributed by atoms with van der Waals surface area (Å²) in [5.74, 6) is -0.172. The molecule has 1 aromatic rings.